The zero-order valence-corrected chi connectivity index (χ0v) is 17.8. The maximum absolute atomic E-state index is 13.1. The molecule has 6 nitrogen and oxygen atoms in total. The van der Waals surface area contributed by atoms with Crippen LogP contribution in [-0.2, 0) is 11.3 Å². The van der Waals surface area contributed by atoms with Crippen LogP contribution < -0.4 is 4.74 Å². The molecule has 2 heterocycles. The van der Waals surface area contributed by atoms with Gasteiger partial charge in [0.15, 0.2) is 6.10 Å². The second-order valence-corrected chi connectivity index (χ2v) is 7.81. The van der Waals surface area contributed by atoms with Crippen molar-refractivity contribution in [3.8, 4) is 16.5 Å². The van der Waals surface area contributed by atoms with Crippen molar-refractivity contribution < 1.29 is 14.1 Å². The lowest BCUT2D eigenvalue weighted by Gasteiger charge is -2.25. The molecule has 2 aromatic carbocycles. The maximum atomic E-state index is 13.1. The molecule has 0 N–H and O–H groups in total. The Morgan fingerprint density at radius 1 is 1.13 bits per heavy atom. The van der Waals surface area contributed by atoms with Crippen molar-refractivity contribution in [1.29, 1.82) is 0 Å². The number of hydrogen-bond acceptors (Lipinski definition) is 6. The van der Waals surface area contributed by atoms with Crippen molar-refractivity contribution in [2.24, 2.45) is 0 Å². The van der Waals surface area contributed by atoms with Gasteiger partial charge >= 0.3 is 0 Å². The van der Waals surface area contributed by atoms with Crippen molar-refractivity contribution in [3.63, 3.8) is 0 Å². The third-order valence-corrected chi connectivity index (χ3v) is 5.74. The van der Waals surface area contributed by atoms with Crippen molar-refractivity contribution >= 4 is 28.0 Å². The van der Waals surface area contributed by atoms with Gasteiger partial charge in [-0.15, -0.1) is 11.3 Å². The predicted octanol–water partition coefficient (Wildman–Crippen LogP) is 5.16. The number of likely N-dealkylation sites (N-methyl/N-ethyl adjacent to an activating group) is 1. The number of aromatic nitrogens is 2. The summed E-state index contributed by atoms with van der Waals surface area (Å²) in [5, 5.41) is 8.20. The Morgan fingerprint density at radius 2 is 1.97 bits per heavy atom. The van der Waals surface area contributed by atoms with Gasteiger partial charge in [0.1, 0.15) is 12.3 Å². The molecule has 4 aromatic rings. The van der Waals surface area contributed by atoms with Crippen LogP contribution in [-0.4, -0.2) is 33.6 Å². The Bertz CT molecular complexity index is 1120. The molecule has 7 heteroatoms. The average molecular weight is 422 g/mol. The number of benzene rings is 2. The fraction of sp³-hybridized carbons (Fsp3) is 0.261. The number of carbonyl (C=O) groups excluding carboxylic acids is 1. The highest BCUT2D eigenvalue weighted by molar-refractivity contribution is 7.13. The van der Waals surface area contributed by atoms with Crippen LogP contribution >= 0.6 is 11.3 Å². The Morgan fingerprint density at radius 3 is 2.70 bits per heavy atom. The van der Waals surface area contributed by atoms with E-state index >= 15 is 0 Å². The lowest BCUT2D eigenvalue weighted by molar-refractivity contribution is -0.139. The number of rotatable bonds is 8. The Balaban J connectivity index is 1.46. The molecule has 4 rings (SSSR count). The van der Waals surface area contributed by atoms with Crippen LogP contribution in [0.25, 0.3) is 21.5 Å². The highest BCUT2D eigenvalue weighted by Gasteiger charge is 2.25. The van der Waals surface area contributed by atoms with Gasteiger partial charge in [-0.1, -0.05) is 48.5 Å². The van der Waals surface area contributed by atoms with E-state index in [1.165, 1.54) is 0 Å². The van der Waals surface area contributed by atoms with Crippen LogP contribution in [0, 0.1) is 0 Å². The van der Waals surface area contributed by atoms with Crippen LogP contribution in [0.3, 0.4) is 0 Å². The van der Waals surface area contributed by atoms with E-state index in [1.54, 1.807) is 16.2 Å². The first kappa shape index (κ1) is 20.1. The number of hydrogen-bond donors (Lipinski definition) is 0. The maximum Gasteiger partial charge on any atom is 0.264 e. The molecule has 0 aliphatic carbocycles. The van der Waals surface area contributed by atoms with E-state index in [4.69, 9.17) is 9.26 Å². The zero-order chi connectivity index (χ0) is 20.9. The summed E-state index contributed by atoms with van der Waals surface area (Å²) in [5.74, 6) is 1.55. The third kappa shape index (κ3) is 4.36. The molecule has 0 aliphatic heterocycles. The predicted molar refractivity (Wildman–Crippen MR) is 117 cm³/mol. The molecule has 30 heavy (non-hydrogen) atoms. The summed E-state index contributed by atoms with van der Waals surface area (Å²) >= 11 is 1.55. The van der Waals surface area contributed by atoms with E-state index in [-0.39, 0.29) is 12.5 Å². The molecule has 0 radical (unpaired) electrons. The SMILES string of the molecule is CCC(Oc1ccc2ccccc2c1)C(=O)N(CC)Cc1nc(-c2cccs2)no1. The van der Waals surface area contributed by atoms with Crippen LogP contribution in [0.15, 0.2) is 64.5 Å². The molecular weight excluding hydrogens is 398 g/mol. The standard InChI is InChI=1S/C23H23N3O3S/c1-3-19(28-18-12-11-16-8-5-6-9-17(16)14-18)23(27)26(4-2)15-21-24-22(25-29-21)20-10-7-13-30-20/h5-14,19H,3-4,15H2,1-2H3. The van der Waals surface area contributed by atoms with Crippen molar-refractivity contribution in [2.45, 2.75) is 32.9 Å². The van der Waals surface area contributed by atoms with Crippen LogP contribution in [0.4, 0.5) is 0 Å². The van der Waals surface area contributed by atoms with E-state index in [9.17, 15) is 4.79 Å². The fourth-order valence-corrected chi connectivity index (χ4v) is 3.90. The smallest absolute Gasteiger partial charge is 0.264 e. The van der Waals surface area contributed by atoms with Gasteiger partial charge in [-0.05, 0) is 47.7 Å². The minimum atomic E-state index is -0.578. The lowest BCUT2D eigenvalue weighted by atomic mass is 10.1. The van der Waals surface area contributed by atoms with Crippen molar-refractivity contribution in [1.82, 2.24) is 15.0 Å². The number of thiophene rings is 1. The molecule has 0 saturated carbocycles. The van der Waals surface area contributed by atoms with Gasteiger partial charge in [0.25, 0.3) is 5.91 Å². The number of nitrogens with zero attached hydrogens (tertiary/aromatic N) is 3. The number of ether oxygens (including phenoxy) is 1. The van der Waals surface area contributed by atoms with Gasteiger partial charge in [0.05, 0.1) is 4.88 Å². The van der Waals surface area contributed by atoms with E-state index in [0.29, 0.717) is 30.4 Å². The Hall–Kier alpha value is -3.19. The van der Waals surface area contributed by atoms with Gasteiger partial charge in [-0.25, -0.2) is 0 Å². The molecule has 2 aromatic heterocycles. The molecular formula is C23H23N3O3S. The van der Waals surface area contributed by atoms with Gasteiger partial charge in [0.2, 0.25) is 11.7 Å². The second-order valence-electron chi connectivity index (χ2n) is 6.87. The average Bonchev–Trinajstić information content (AvgIpc) is 3.47. The van der Waals surface area contributed by atoms with Crippen molar-refractivity contribution in [3.05, 3.63) is 65.9 Å². The largest absolute Gasteiger partial charge is 0.481 e. The van der Waals surface area contributed by atoms with Gasteiger partial charge in [-0.2, -0.15) is 4.98 Å². The first-order chi connectivity index (χ1) is 14.7. The van der Waals surface area contributed by atoms with Gasteiger partial charge < -0.3 is 14.2 Å². The van der Waals surface area contributed by atoms with Crippen LogP contribution in [0.5, 0.6) is 5.75 Å². The first-order valence-electron chi connectivity index (χ1n) is 9.98. The van der Waals surface area contributed by atoms with E-state index in [1.807, 2.05) is 67.8 Å². The lowest BCUT2D eigenvalue weighted by Crippen LogP contribution is -2.41. The molecule has 1 amide bonds. The summed E-state index contributed by atoms with van der Waals surface area (Å²) < 4.78 is 11.4. The van der Waals surface area contributed by atoms with Gasteiger partial charge in [0, 0.05) is 6.54 Å². The van der Waals surface area contributed by atoms with Crippen LogP contribution in [0.1, 0.15) is 26.2 Å². The fourth-order valence-electron chi connectivity index (χ4n) is 3.25. The molecule has 0 fully saturated rings. The molecule has 154 valence electrons. The topological polar surface area (TPSA) is 68.5 Å². The monoisotopic (exact) mass is 421 g/mol. The number of carbonyl (C=O) groups is 1. The third-order valence-electron chi connectivity index (χ3n) is 4.87. The molecule has 0 saturated heterocycles. The highest BCUT2D eigenvalue weighted by atomic mass is 32.1. The normalized spacial score (nSPS) is 12.1. The molecule has 0 aliphatic rings. The quantitative estimate of drug-likeness (QED) is 0.393. The van der Waals surface area contributed by atoms with Crippen molar-refractivity contribution in [2.75, 3.05) is 6.54 Å². The second kappa shape index (κ2) is 9.09. The molecule has 1 atom stereocenters. The Kier molecular flexibility index (Phi) is 6.09. The van der Waals surface area contributed by atoms with Crippen LogP contribution in [0.2, 0.25) is 0 Å². The molecule has 1 unspecified atom stereocenters. The van der Waals surface area contributed by atoms with E-state index in [0.717, 1.165) is 15.6 Å². The minimum absolute atomic E-state index is 0.0935. The summed E-state index contributed by atoms with van der Waals surface area (Å²) in [7, 11) is 0. The van der Waals surface area contributed by atoms with Gasteiger partial charge in [-0.3, -0.25) is 4.79 Å². The van der Waals surface area contributed by atoms with E-state index < -0.39 is 6.10 Å². The molecule has 0 bridgehead atoms. The number of amides is 1. The summed E-state index contributed by atoms with van der Waals surface area (Å²) in [6.07, 6.45) is -0.0160. The summed E-state index contributed by atoms with van der Waals surface area (Å²) in [4.78, 5) is 20.2. The highest BCUT2D eigenvalue weighted by Crippen LogP contribution is 2.24. The summed E-state index contributed by atoms with van der Waals surface area (Å²) in [5.41, 5.74) is 0. The summed E-state index contributed by atoms with van der Waals surface area (Å²) in [6.45, 7) is 4.65. The Labute approximate surface area is 179 Å². The number of fused-ring (bicyclic) bond motifs is 1. The first-order valence-corrected chi connectivity index (χ1v) is 10.9. The summed E-state index contributed by atoms with van der Waals surface area (Å²) in [6, 6.07) is 17.8. The zero-order valence-electron chi connectivity index (χ0n) is 16.9. The minimum Gasteiger partial charge on any atom is -0.481 e. The molecule has 0 spiro atoms. The van der Waals surface area contributed by atoms with E-state index in [2.05, 4.69) is 16.2 Å².